The SMILES string of the molecule is Cc1sc(C(=O)O)cc1S(=O)(=O)N1CCCC(O)C1. The fourth-order valence-corrected chi connectivity index (χ4v) is 5.02. The summed E-state index contributed by atoms with van der Waals surface area (Å²) in [6.45, 7) is 2.02. The molecule has 1 saturated heterocycles. The number of carboxylic acids is 1. The summed E-state index contributed by atoms with van der Waals surface area (Å²) in [5, 5.41) is 18.5. The van der Waals surface area contributed by atoms with Crippen molar-refractivity contribution in [2.24, 2.45) is 0 Å². The number of nitrogens with zero attached hydrogens (tertiary/aromatic N) is 1. The van der Waals surface area contributed by atoms with Crippen LogP contribution in [0.1, 0.15) is 27.4 Å². The molecule has 0 spiro atoms. The highest BCUT2D eigenvalue weighted by molar-refractivity contribution is 7.89. The van der Waals surface area contributed by atoms with Crippen LogP contribution in [0.4, 0.5) is 0 Å². The Hall–Kier alpha value is -0.960. The molecule has 1 unspecified atom stereocenters. The van der Waals surface area contributed by atoms with Crippen molar-refractivity contribution in [2.45, 2.75) is 30.8 Å². The Morgan fingerprint density at radius 3 is 2.74 bits per heavy atom. The smallest absolute Gasteiger partial charge is 0.345 e. The van der Waals surface area contributed by atoms with E-state index in [2.05, 4.69) is 0 Å². The minimum Gasteiger partial charge on any atom is -0.477 e. The molecule has 1 aliphatic rings. The van der Waals surface area contributed by atoms with E-state index in [0.717, 1.165) is 11.3 Å². The molecule has 2 rings (SSSR count). The fraction of sp³-hybridized carbons (Fsp3) is 0.545. The summed E-state index contributed by atoms with van der Waals surface area (Å²) in [5.74, 6) is -1.13. The van der Waals surface area contributed by atoms with Crippen molar-refractivity contribution in [2.75, 3.05) is 13.1 Å². The van der Waals surface area contributed by atoms with Crippen molar-refractivity contribution in [3.8, 4) is 0 Å². The molecule has 0 aromatic carbocycles. The van der Waals surface area contributed by atoms with Gasteiger partial charge >= 0.3 is 5.97 Å². The lowest BCUT2D eigenvalue weighted by molar-refractivity contribution is 0.0702. The molecule has 0 radical (unpaired) electrons. The molecule has 0 aliphatic carbocycles. The number of aromatic carboxylic acids is 1. The van der Waals surface area contributed by atoms with Crippen LogP contribution in [0.3, 0.4) is 0 Å². The minimum atomic E-state index is -3.72. The van der Waals surface area contributed by atoms with Crippen LogP contribution in [0.25, 0.3) is 0 Å². The third-order valence-electron chi connectivity index (χ3n) is 3.06. The summed E-state index contributed by atoms with van der Waals surface area (Å²) in [4.78, 5) is 11.4. The fourth-order valence-electron chi connectivity index (χ4n) is 2.11. The second kappa shape index (κ2) is 5.20. The number of aliphatic hydroxyl groups is 1. The lowest BCUT2D eigenvalue weighted by Crippen LogP contribution is -2.42. The molecule has 1 aromatic heterocycles. The summed E-state index contributed by atoms with van der Waals surface area (Å²) in [6.07, 6.45) is 0.547. The number of hydrogen-bond donors (Lipinski definition) is 2. The molecule has 106 valence electrons. The summed E-state index contributed by atoms with van der Waals surface area (Å²) < 4.78 is 26.1. The molecule has 1 aromatic rings. The van der Waals surface area contributed by atoms with E-state index in [4.69, 9.17) is 5.11 Å². The standard InChI is InChI=1S/C11H15NO5S2/c1-7-10(5-9(18-7)11(14)15)19(16,17)12-4-2-3-8(13)6-12/h5,8,13H,2-4,6H2,1H3,(H,14,15). The van der Waals surface area contributed by atoms with Crippen molar-refractivity contribution in [3.63, 3.8) is 0 Å². The van der Waals surface area contributed by atoms with E-state index in [0.29, 0.717) is 24.3 Å². The average Bonchev–Trinajstić information content (AvgIpc) is 2.72. The number of thiophene rings is 1. The van der Waals surface area contributed by atoms with Gasteiger partial charge in [-0.3, -0.25) is 0 Å². The molecule has 1 aliphatic heterocycles. The van der Waals surface area contributed by atoms with Crippen LogP contribution in [-0.2, 0) is 10.0 Å². The zero-order chi connectivity index (χ0) is 14.2. The molecular formula is C11H15NO5S2. The summed E-state index contributed by atoms with van der Waals surface area (Å²) in [5.41, 5.74) is 0. The van der Waals surface area contributed by atoms with Gasteiger partial charge in [-0.25, -0.2) is 13.2 Å². The van der Waals surface area contributed by atoms with E-state index < -0.39 is 22.1 Å². The van der Waals surface area contributed by atoms with Gasteiger partial charge in [-0.2, -0.15) is 4.31 Å². The van der Waals surface area contributed by atoms with E-state index in [9.17, 15) is 18.3 Å². The van der Waals surface area contributed by atoms with Crippen LogP contribution in [0.5, 0.6) is 0 Å². The molecule has 0 bridgehead atoms. The third-order valence-corrected chi connectivity index (χ3v) is 6.22. The largest absolute Gasteiger partial charge is 0.477 e. The molecule has 0 saturated carbocycles. The zero-order valence-corrected chi connectivity index (χ0v) is 12.0. The van der Waals surface area contributed by atoms with Crippen LogP contribution in [-0.4, -0.2) is 48.1 Å². The number of rotatable bonds is 3. The van der Waals surface area contributed by atoms with Crippen LogP contribution >= 0.6 is 11.3 Å². The predicted molar refractivity (Wildman–Crippen MR) is 70.0 cm³/mol. The topological polar surface area (TPSA) is 94.9 Å². The van der Waals surface area contributed by atoms with Crippen LogP contribution in [0.15, 0.2) is 11.0 Å². The number of sulfonamides is 1. The van der Waals surface area contributed by atoms with Gasteiger partial charge in [0.25, 0.3) is 0 Å². The van der Waals surface area contributed by atoms with E-state index >= 15 is 0 Å². The summed E-state index contributed by atoms with van der Waals surface area (Å²) >= 11 is 0.946. The van der Waals surface area contributed by atoms with Crippen molar-refractivity contribution >= 4 is 27.3 Å². The Morgan fingerprint density at radius 1 is 1.53 bits per heavy atom. The Balaban J connectivity index is 2.36. The molecule has 2 heterocycles. The first-order valence-corrected chi connectivity index (χ1v) is 8.10. The second-order valence-electron chi connectivity index (χ2n) is 4.50. The van der Waals surface area contributed by atoms with Gasteiger partial charge in [0.05, 0.1) is 11.0 Å². The number of carbonyl (C=O) groups is 1. The van der Waals surface area contributed by atoms with Crippen LogP contribution in [0, 0.1) is 6.92 Å². The first-order valence-electron chi connectivity index (χ1n) is 5.84. The number of piperidine rings is 1. The van der Waals surface area contributed by atoms with E-state index in [1.807, 2.05) is 0 Å². The Bertz CT molecular complexity index is 592. The maximum absolute atomic E-state index is 12.4. The second-order valence-corrected chi connectivity index (χ2v) is 7.66. The summed E-state index contributed by atoms with van der Waals surface area (Å²) in [7, 11) is -3.72. The average molecular weight is 305 g/mol. The van der Waals surface area contributed by atoms with Crippen LogP contribution in [0.2, 0.25) is 0 Å². The first kappa shape index (κ1) is 14.4. The van der Waals surface area contributed by atoms with E-state index in [-0.39, 0.29) is 16.3 Å². The minimum absolute atomic E-state index is 0.00799. The highest BCUT2D eigenvalue weighted by atomic mass is 32.2. The highest BCUT2D eigenvalue weighted by Crippen LogP contribution is 2.29. The monoisotopic (exact) mass is 305 g/mol. The zero-order valence-electron chi connectivity index (χ0n) is 10.4. The molecule has 0 amide bonds. The van der Waals surface area contributed by atoms with Crippen molar-refractivity contribution in [3.05, 3.63) is 15.8 Å². The number of aliphatic hydroxyl groups excluding tert-OH is 1. The summed E-state index contributed by atoms with van der Waals surface area (Å²) in [6, 6.07) is 1.19. The van der Waals surface area contributed by atoms with Gasteiger partial charge in [-0.05, 0) is 25.8 Å². The van der Waals surface area contributed by atoms with Crippen molar-refractivity contribution in [1.29, 1.82) is 0 Å². The van der Waals surface area contributed by atoms with Crippen molar-refractivity contribution in [1.82, 2.24) is 4.31 Å². The maximum Gasteiger partial charge on any atom is 0.345 e. The lowest BCUT2D eigenvalue weighted by Gasteiger charge is -2.29. The van der Waals surface area contributed by atoms with Gasteiger partial charge in [-0.1, -0.05) is 0 Å². The van der Waals surface area contributed by atoms with Gasteiger partial charge < -0.3 is 10.2 Å². The quantitative estimate of drug-likeness (QED) is 0.865. The first-order chi connectivity index (χ1) is 8.82. The third kappa shape index (κ3) is 2.81. The number of carboxylic acid groups (broad SMARTS) is 1. The molecule has 1 atom stereocenters. The van der Waals surface area contributed by atoms with Crippen molar-refractivity contribution < 1.29 is 23.4 Å². The number of β-amino-alcohol motifs (C(OH)–C–C–N with tert-alkyl or cyclic N) is 1. The Kier molecular flexibility index (Phi) is 3.95. The van der Waals surface area contributed by atoms with E-state index in [1.54, 1.807) is 6.92 Å². The molecule has 8 heteroatoms. The van der Waals surface area contributed by atoms with E-state index in [1.165, 1.54) is 10.4 Å². The normalized spacial score (nSPS) is 21.5. The predicted octanol–water partition coefficient (Wildman–Crippen LogP) is 0.900. The number of aryl methyl sites for hydroxylation is 1. The van der Waals surface area contributed by atoms with Gasteiger partial charge in [-0.15, -0.1) is 11.3 Å². The molecule has 19 heavy (non-hydrogen) atoms. The number of hydrogen-bond acceptors (Lipinski definition) is 5. The molecular weight excluding hydrogens is 290 g/mol. The molecule has 1 fully saturated rings. The Morgan fingerprint density at radius 2 is 2.21 bits per heavy atom. The molecule has 2 N–H and O–H groups in total. The van der Waals surface area contributed by atoms with Gasteiger partial charge in [0, 0.05) is 18.0 Å². The molecule has 6 nitrogen and oxygen atoms in total. The van der Waals surface area contributed by atoms with Gasteiger partial charge in [0.1, 0.15) is 4.88 Å². The lowest BCUT2D eigenvalue weighted by atomic mass is 10.1. The maximum atomic E-state index is 12.4. The van der Waals surface area contributed by atoms with Crippen LogP contribution < -0.4 is 0 Å². The van der Waals surface area contributed by atoms with Gasteiger partial charge in [0.2, 0.25) is 10.0 Å². The highest BCUT2D eigenvalue weighted by Gasteiger charge is 2.32. The van der Waals surface area contributed by atoms with Gasteiger partial charge in [0.15, 0.2) is 0 Å². The Labute approximate surface area is 115 Å².